The number of ether oxygens (including phenoxy) is 2. The molecule has 9 heteroatoms. The number of sulfonamides is 1. The number of halogens is 1. The maximum Gasteiger partial charge on any atom is 0.257 e. The highest BCUT2D eigenvalue weighted by Crippen LogP contribution is 2.36. The van der Waals surface area contributed by atoms with Crippen molar-refractivity contribution in [1.29, 1.82) is 0 Å². The van der Waals surface area contributed by atoms with Crippen molar-refractivity contribution in [2.24, 2.45) is 0 Å². The van der Waals surface area contributed by atoms with E-state index in [1.807, 2.05) is 0 Å². The standard InChI is InChI=1S/C18H21FN2O5S/c1-5-27(23,24)21(2)15-11-17(26-4)16(25-3)10-14(15)18(22)20-13-8-6-12(19)7-9-13/h6-11H,5H2,1-4H3,(H,20,22). The third-order valence-corrected chi connectivity index (χ3v) is 5.73. The van der Waals surface area contributed by atoms with E-state index < -0.39 is 21.7 Å². The molecule has 0 aliphatic rings. The van der Waals surface area contributed by atoms with Crippen LogP contribution in [0.2, 0.25) is 0 Å². The molecule has 0 fully saturated rings. The molecule has 0 radical (unpaired) electrons. The highest BCUT2D eigenvalue weighted by atomic mass is 32.2. The average molecular weight is 396 g/mol. The number of carbonyl (C=O) groups excluding carboxylic acids is 1. The lowest BCUT2D eigenvalue weighted by molar-refractivity contribution is 0.102. The summed E-state index contributed by atoms with van der Waals surface area (Å²) in [5, 5.41) is 2.62. The van der Waals surface area contributed by atoms with E-state index in [0.717, 1.165) is 4.31 Å². The summed E-state index contributed by atoms with van der Waals surface area (Å²) in [6.45, 7) is 1.50. The zero-order valence-electron chi connectivity index (χ0n) is 15.4. The van der Waals surface area contributed by atoms with Gasteiger partial charge in [0.1, 0.15) is 5.82 Å². The molecule has 2 aromatic carbocycles. The Morgan fingerprint density at radius 1 is 1.11 bits per heavy atom. The van der Waals surface area contributed by atoms with Crippen LogP contribution in [0.5, 0.6) is 11.5 Å². The molecule has 2 rings (SSSR count). The van der Waals surface area contributed by atoms with Gasteiger partial charge in [0.25, 0.3) is 5.91 Å². The molecule has 0 aliphatic heterocycles. The highest BCUT2D eigenvalue weighted by molar-refractivity contribution is 7.92. The summed E-state index contributed by atoms with van der Waals surface area (Å²) in [5.41, 5.74) is 0.564. The molecule has 0 saturated carbocycles. The van der Waals surface area contributed by atoms with Crippen LogP contribution in [0.25, 0.3) is 0 Å². The van der Waals surface area contributed by atoms with E-state index in [-0.39, 0.29) is 28.5 Å². The maximum absolute atomic E-state index is 13.1. The minimum absolute atomic E-state index is 0.0662. The van der Waals surface area contributed by atoms with Crippen molar-refractivity contribution in [3.8, 4) is 11.5 Å². The first-order valence-corrected chi connectivity index (χ1v) is 9.64. The van der Waals surface area contributed by atoms with Crippen LogP contribution in [-0.4, -0.2) is 41.3 Å². The third-order valence-electron chi connectivity index (χ3n) is 3.97. The summed E-state index contributed by atoms with van der Waals surface area (Å²) in [7, 11) is 0.552. The topological polar surface area (TPSA) is 84.9 Å². The van der Waals surface area contributed by atoms with Crippen molar-refractivity contribution in [3.05, 3.63) is 47.8 Å². The molecule has 0 aliphatic carbocycles. The third kappa shape index (κ3) is 4.48. The molecule has 0 aromatic heterocycles. The smallest absolute Gasteiger partial charge is 0.257 e. The first-order chi connectivity index (χ1) is 12.7. The van der Waals surface area contributed by atoms with Gasteiger partial charge in [0.15, 0.2) is 11.5 Å². The lowest BCUT2D eigenvalue weighted by Crippen LogP contribution is -2.30. The molecule has 1 amide bonds. The van der Waals surface area contributed by atoms with E-state index in [2.05, 4.69) is 5.32 Å². The second-order valence-corrected chi connectivity index (χ2v) is 7.84. The quantitative estimate of drug-likeness (QED) is 0.778. The van der Waals surface area contributed by atoms with Gasteiger partial charge in [0.05, 0.1) is 31.2 Å². The number of nitrogens with zero attached hydrogens (tertiary/aromatic N) is 1. The van der Waals surface area contributed by atoms with E-state index in [9.17, 15) is 17.6 Å². The Morgan fingerprint density at radius 3 is 2.19 bits per heavy atom. The number of anilines is 2. The SMILES string of the molecule is CCS(=O)(=O)N(C)c1cc(OC)c(OC)cc1C(=O)Nc1ccc(F)cc1. The van der Waals surface area contributed by atoms with E-state index in [0.29, 0.717) is 5.69 Å². The summed E-state index contributed by atoms with van der Waals surface area (Å²) in [5.74, 6) is -0.599. The van der Waals surface area contributed by atoms with Gasteiger partial charge in [0.2, 0.25) is 10.0 Å². The fourth-order valence-electron chi connectivity index (χ4n) is 2.39. The first-order valence-electron chi connectivity index (χ1n) is 8.03. The highest BCUT2D eigenvalue weighted by Gasteiger charge is 2.25. The molecule has 0 heterocycles. The maximum atomic E-state index is 13.1. The Kier molecular flexibility index (Phi) is 6.27. The zero-order valence-corrected chi connectivity index (χ0v) is 16.3. The Labute approximate surface area is 157 Å². The van der Waals surface area contributed by atoms with Gasteiger partial charge in [-0.3, -0.25) is 9.10 Å². The first kappa shape index (κ1) is 20.5. The van der Waals surface area contributed by atoms with Crippen LogP contribution in [0.15, 0.2) is 36.4 Å². The van der Waals surface area contributed by atoms with Gasteiger partial charge in [-0.25, -0.2) is 12.8 Å². The van der Waals surface area contributed by atoms with Crippen molar-refractivity contribution >= 4 is 27.3 Å². The van der Waals surface area contributed by atoms with E-state index in [1.165, 1.54) is 64.6 Å². The molecule has 0 spiro atoms. The summed E-state index contributed by atoms with van der Waals surface area (Å²) < 4.78 is 49.1. The number of hydrogen-bond acceptors (Lipinski definition) is 5. The molecule has 0 unspecified atom stereocenters. The Balaban J connectivity index is 2.54. The average Bonchev–Trinajstić information content (AvgIpc) is 2.67. The zero-order chi connectivity index (χ0) is 20.2. The lowest BCUT2D eigenvalue weighted by atomic mass is 10.1. The van der Waals surface area contributed by atoms with E-state index in [4.69, 9.17) is 9.47 Å². The second kappa shape index (κ2) is 8.26. The van der Waals surface area contributed by atoms with Crippen LogP contribution in [0, 0.1) is 5.82 Å². The van der Waals surface area contributed by atoms with Crippen LogP contribution in [0.1, 0.15) is 17.3 Å². The van der Waals surface area contributed by atoms with Gasteiger partial charge in [-0.2, -0.15) is 0 Å². The molecule has 27 heavy (non-hydrogen) atoms. The molecular weight excluding hydrogens is 375 g/mol. The fraction of sp³-hybridized carbons (Fsp3) is 0.278. The van der Waals surface area contributed by atoms with Gasteiger partial charge in [-0.05, 0) is 37.3 Å². The van der Waals surface area contributed by atoms with Crippen molar-refractivity contribution in [3.63, 3.8) is 0 Å². The summed E-state index contributed by atoms with van der Waals surface area (Å²) in [6.07, 6.45) is 0. The van der Waals surface area contributed by atoms with Crippen LogP contribution in [-0.2, 0) is 10.0 Å². The Morgan fingerprint density at radius 2 is 1.67 bits per heavy atom. The Bertz CT molecular complexity index is 930. The molecule has 146 valence electrons. The van der Waals surface area contributed by atoms with Gasteiger partial charge in [-0.1, -0.05) is 0 Å². The van der Waals surface area contributed by atoms with Gasteiger partial charge < -0.3 is 14.8 Å². The number of benzene rings is 2. The van der Waals surface area contributed by atoms with Gasteiger partial charge in [-0.15, -0.1) is 0 Å². The van der Waals surface area contributed by atoms with Crippen LogP contribution < -0.4 is 19.1 Å². The second-order valence-electron chi connectivity index (χ2n) is 5.55. The van der Waals surface area contributed by atoms with Crippen molar-refractivity contribution in [2.45, 2.75) is 6.92 Å². The molecule has 0 saturated heterocycles. The van der Waals surface area contributed by atoms with Gasteiger partial charge in [0, 0.05) is 18.8 Å². The van der Waals surface area contributed by atoms with Crippen LogP contribution in [0.4, 0.5) is 15.8 Å². The van der Waals surface area contributed by atoms with Crippen molar-refractivity contribution in [2.75, 3.05) is 36.6 Å². The summed E-state index contributed by atoms with van der Waals surface area (Å²) >= 11 is 0. The lowest BCUT2D eigenvalue weighted by Gasteiger charge is -2.23. The number of amides is 1. The largest absolute Gasteiger partial charge is 0.493 e. The molecule has 7 nitrogen and oxygen atoms in total. The van der Waals surface area contributed by atoms with Gasteiger partial charge >= 0.3 is 0 Å². The summed E-state index contributed by atoms with van der Waals surface area (Å²) in [6, 6.07) is 8.04. The monoisotopic (exact) mass is 396 g/mol. The fourth-order valence-corrected chi connectivity index (χ4v) is 3.22. The number of hydrogen-bond donors (Lipinski definition) is 1. The van der Waals surface area contributed by atoms with E-state index >= 15 is 0 Å². The summed E-state index contributed by atoms with van der Waals surface area (Å²) in [4.78, 5) is 12.8. The molecule has 0 atom stereocenters. The minimum atomic E-state index is -3.62. The molecular formula is C18H21FN2O5S. The number of methoxy groups -OCH3 is 2. The predicted octanol–water partition coefficient (Wildman–Crippen LogP) is 2.88. The minimum Gasteiger partial charge on any atom is -0.493 e. The normalized spacial score (nSPS) is 11.0. The van der Waals surface area contributed by atoms with Crippen LogP contribution >= 0.6 is 0 Å². The van der Waals surface area contributed by atoms with E-state index in [1.54, 1.807) is 0 Å². The Hall–Kier alpha value is -2.81. The molecule has 1 N–H and O–H groups in total. The molecule has 2 aromatic rings. The number of rotatable bonds is 7. The number of nitrogens with one attached hydrogen (secondary N) is 1. The van der Waals surface area contributed by atoms with Crippen molar-refractivity contribution < 1.29 is 27.1 Å². The predicted molar refractivity (Wildman–Crippen MR) is 102 cm³/mol. The number of carbonyl (C=O) groups is 1. The molecule has 0 bridgehead atoms. The van der Waals surface area contributed by atoms with Crippen molar-refractivity contribution in [1.82, 2.24) is 0 Å². The van der Waals surface area contributed by atoms with Crippen LogP contribution in [0.3, 0.4) is 0 Å².